The quantitative estimate of drug-likeness (QED) is 0.495. The smallest absolute Gasteiger partial charge is 0.203 e. The molecule has 0 heterocycles. The number of nitrogens with one attached hydrogen (secondary N) is 2. The second-order valence-corrected chi connectivity index (χ2v) is 6.65. The average Bonchev–Trinajstić information content (AvgIpc) is 2.71. The van der Waals surface area contributed by atoms with E-state index in [4.69, 9.17) is 37.4 Å². The topological polar surface area (TPSA) is 64.1 Å². The molecule has 0 saturated heterocycles. The highest BCUT2D eigenvalue weighted by atomic mass is 35.5. The molecule has 2 aromatic carbocycles. The van der Waals surface area contributed by atoms with E-state index in [2.05, 4.69) is 15.6 Å². The Hall–Kier alpha value is -2.31. The van der Waals surface area contributed by atoms with Crippen molar-refractivity contribution >= 4 is 29.2 Å². The molecule has 0 atom stereocenters. The molecule has 2 rings (SSSR count). The van der Waals surface area contributed by atoms with Gasteiger partial charge in [-0.05, 0) is 41.8 Å². The van der Waals surface area contributed by atoms with Gasteiger partial charge in [-0.2, -0.15) is 0 Å². The highest BCUT2D eigenvalue weighted by molar-refractivity contribution is 6.36. The molecular weight excluding hydrogens is 401 g/mol. The summed E-state index contributed by atoms with van der Waals surface area (Å²) in [6.07, 6.45) is 0.684. The van der Waals surface area contributed by atoms with Crippen LogP contribution in [0.2, 0.25) is 10.0 Å². The predicted molar refractivity (Wildman–Crippen MR) is 114 cm³/mol. The third-order valence-electron chi connectivity index (χ3n) is 4.14. The minimum Gasteiger partial charge on any atom is -0.493 e. The minimum atomic E-state index is 0.531. The van der Waals surface area contributed by atoms with Crippen molar-refractivity contribution in [3.63, 3.8) is 0 Å². The van der Waals surface area contributed by atoms with Crippen LogP contribution in [-0.2, 0) is 13.0 Å². The van der Waals surface area contributed by atoms with E-state index >= 15 is 0 Å². The van der Waals surface area contributed by atoms with E-state index in [1.54, 1.807) is 28.4 Å². The summed E-state index contributed by atoms with van der Waals surface area (Å²) in [5.41, 5.74) is 1.88. The number of nitrogens with zero attached hydrogens (tertiary/aromatic N) is 1. The summed E-state index contributed by atoms with van der Waals surface area (Å²) in [5.74, 6) is 2.44. The second kappa shape index (κ2) is 10.9. The van der Waals surface area contributed by atoms with E-state index in [9.17, 15) is 0 Å². The lowest BCUT2D eigenvalue weighted by Gasteiger charge is -2.16. The Balaban J connectivity index is 1.97. The Morgan fingerprint density at radius 2 is 1.57 bits per heavy atom. The lowest BCUT2D eigenvalue weighted by atomic mass is 10.1. The van der Waals surface area contributed by atoms with Gasteiger partial charge in [0.2, 0.25) is 5.75 Å². The summed E-state index contributed by atoms with van der Waals surface area (Å²) in [7, 11) is 6.48. The van der Waals surface area contributed by atoms with E-state index in [-0.39, 0.29) is 0 Å². The number of hydrogen-bond acceptors (Lipinski definition) is 4. The van der Waals surface area contributed by atoms with Crippen LogP contribution in [0.25, 0.3) is 0 Å². The maximum Gasteiger partial charge on any atom is 0.203 e. The Labute approximate surface area is 175 Å². The number of hydrogen-bond donors (Lipinski definition) is 2. The van der Waals surface area contributed by atoms with Crippen LogP contribution in [0.4, 0.5) is 0 Å². The second-order valence-electron chi connectivity index (χ2n) is 5.84. The first-order valence-electron chi connectivity index (χ1n) is 8.70. The van der Waals surface area contributed by atoms with Gasteiger partial charge in [0, 0.05) is 30.2 Å². The summed E-state index contributed by atoms with van der Waals surface area (Å²) < 4.78 is 16.1. The number of guanidine groups is 1. The molecule has 2 N–H and O–H groups in total. The summed E-state index contributed by atoms with van der Waals surface area (Å²) in [5, 5.41) is 7.84. The van der Waals surface area contributed by atoms with Gasteiger partial charge in [0.05, 0.1) is 21.3 Å². The van der Waals surface area contributed by atoms with E-state index in [1.165, 1.54) is 0 Å². The van der Waals surface area contributed by atoms with Crippen molar-refractivity contribution in [2.24, 2.45) is 4.99 Å². The molecule has 0 bridgehead atoms. The molecule has 0 aliphatic heterocycles. The molecule has 8 heteroatoms. The average molecular weight is 426 g/mol. The van der Waals surface area contributed by atoms with Gasteiger partial charge < -0.3 is 24.8 Å². The van der Waals surface area contributed by atoms with Gasteiger partial charge in [-0.1, -0.05) is 29.3 Å². The highest BCUT2D eigenvalue weighted by Crippen LogP contribution is 2.38. The summed E-state index contributed by atoms with van der Waals surface area (Å²) >= 11 is 12.4. The van der Waals surface area contributed by atoms with Gasteiger partial charge >= 0.3 is 0 Å². The van der Waals surface area contributed by atoms with E-state index in [0.717, 1.165) is 11.1 Å². The molecule has 0 amide bonds. The normalized spacial score (nSPS) is 11.1. The third-order valence-corrected chi connectivity index (χ3v) is 4.85. The molecule has 2 aromatic rings. The fraction of sp³-hybridized carbons (Fsp3) is 0.350. The molecule has 0 saturated carbocycles. The Morgan fingerprint density at radius 3 is 2.07 bits per heavy atom. The highest BCUT2D eigenvalue weighted by Gasteiger charge is 2.13. The van der Waals surface area contributed by atoms with Crippen LogP contribution in [0, 0.1) is 0 Å². The predicted octanol–water partition coefficient (Wildman–Crippen LogP) is 3.93. The molecule has 6 nitrogen and oxygen atoms in total. The van der Waals surface area contributed by atoms with Gasteiger partial charge in [0.15, 0.2) is 17.5 Å². The van der Waals surface area contributed by atoms with Crippen LogP contribution in [-0.4, -0.2) is 40.9 Å². The standard InChI is InChI=1S/C20H25Cl2N3O3/c1-23-20(24-9-8-14-15(21)6-5-7-16(14)22)25-12-13-10-17(26-2)19(28-4)18(11-13)27-3/h5-7,10-11H,8-9,12H2,1-4H3,(H2,23,24,25). The first-order valence-corrected chi connectivity index (χ1v) is 9.45. The number of ether oxygens (including phenoxy) is 3. The lowest BCUT2D eigenvalue weighted by molar-refractivity contribution is 0.323. The number of methoxy groups -OCH3 is 3. The third kappa shape index (κ3) is 5.59. The summed E-state index contributed by atoms with van der Waals surface area (Å²) in [6.45, 7) is 1.17. The van der Waals surface area contributed by atoms with Crippen molar-refractivity contribution in [1.29, 1.82) is 0 Å². The molecular formula is C20H25Cl2N3O3. The number of rotatable bonds is 8. The van der Waals surface area contributed by atoms with Crippen LogP contribution in [0.3, 0.4) is 0 Å². The Kier molecular flexibility index (Phi) is 8.54. The zero-order chi connectivity index (χ0) is 20.5. The lowest BCUT2D eigenvalue weighted by Crippen LogP contribution is -2.37. The molecule has 0 fully saturated rings. The fourth-order valence-electron chi connectivity index (χ4n) is 2.72. The van der Waals surface area contributed by atoms with E-state index in [0.29, 0.717) is 52.8 Å². The largest absolute Gasteiger partial charge is 0.493 e. The molecule has 28 heavy (non-hydrogen) atoms. The van der Waals surface area contributed by atoms with E-state index in [1.807, 2.05) is 30.3 Å². The van der Waals surface area contributed by atoms with Crippen molar-refractivity contribution < 1.29 is 14.2 Å². The number of benzene rings is 2. The fourth-order valence-corrected chi connectivity index (χ4v) is 3.31. The van der Waals surface area contributed by atoms with Crippen molar-refractivity contribution in [2.45, 2.75) is 13.0 Å². The molecule has 0 aromatic heterocycles. The first-order chi connectivity index (χ1) is 13.5. The Morgan fingerprint density at radius 1 is 0.964 bits per heavy atom. The number of aliphatic imine (C=N–C) groups is 1. The SMILES string of the molecule is CN=C(NCCc1c(Cl)cccc1Cl)NCc1cc(OC)c(OC)c(OC)c1. The summed E-state index contributed by atoms with van der Waals surface area (Å²) in [4.78, 5) is 4.24. The zero-order valence-electron chi connectivity index (χ0n) is 16.4. The maximum atomic E-state index is 6.21. The van der Waals surface area contributed by atoms with Crippen molar-refractivity contribution in [1.82, 2.24) is 10.6 Å². The first kappa shape index (κ1) is 22.0. The monoisotopic (exact) mass is 425 g/mol. The molecule has 0 aliphatic carbocycles. The number of halogens is 2. The van der Waals surface area contributed by atoms with Gasteiger partial charge in [-0.25, -0.2) is 0 Å². The van der Waals surface area contributed by atoms with Crippen LogP contribution in [0.5, 0.6) is 17.2 Å². The van der Waals surface area contributed by atoms with Crippen LogP contribution in [0.15, 0.2) is 35.3 Å². The van der Waals surface area contributed by atoms with Gasteiger partial charge in [0.25, 0.3) is 0 Å². The van der Waals surface area contributed by atoms with Crippen LogP contribution in [0.1, 0.15) is 11.1 Å². The minimum absolute atomic E-state index is 0.531. The van der Waals surface area contributed by atoms with Gasteiger partial charge in [0.1, 0.15) is 0 Å². The molecule has 0 aliphatic rings. The van der Waals surface area contributed by atoms with Gasteiger partial charge in [-0.15, -0.1) is 0 Å². The zero-order valence-corrected chi connectivity index (χ0v) is 17.9. The molecule has 152 valence electrons. The van der Waals surface area contributed by atoms with E-state index < -0.39 is 0 Å². The maximum absolute atomic E-state index is 6.21. The molecule has 0 spiro atoms. The summed E-state index contributed by atoms with van der Waals surface area (Å²) in [6, 6.07) is 9.29. The van der Waals surface area contributed by atoms with Crippen molar-refractivity contribution in [2.75, 3.05) is 34.9 Å². The van der Waals surface area contributed by atoms with Crippen LogP contribution < -0.4 is 24.8 Å². The molecule has 0 unspecified atom stereocenters. The van der Waals surface area contributed by atoms with Gasteiger partial charge in [-0.3, -0.25) is 4.99 Å². The van der Waals surface area contributed by atoms with Crippen molar-refractivity contribution in [3.05, 3.63) is 51.5 Å². The molecule has 0 radical (unpaired) electrons. The van der Waals surface area contributed by atoms with Crippen molar-refractivity contribution in [3.8, 4) is 17.2 Å². The van der Waals surface area contributed by atoms with Crippen LogP contribution >= 0.6 is 23.2 Å². The Bertz CT molecular complexity index is 783.